The number of benzene rings is 2. The minimum absolute atomic E-state index is 0.0237. The Hall–Kier alpha value is -3.32. The summed E-state index contributed by atoms with van der Waals surface area (Å²) in [6, 6.07) is 12.0. The smallest absolute Gasteiger partial charge is 0.337 e. The van der Waals surface area contributed by atoms with E-state index in [1.165, 1.54) is 6.42 Å². The number of nitrogens with one attached hydrogen (secondary N) is 1. The van der Waals surface area contributed by atoms with Crippen LogP contribution >= 0.6 is 0 Å². The zero-order chi connectivity index (χ0) is 24.6. The molecule has 3 heterocycles. The number of aryl methyl sites for hydroxylation is 1. The molecule has 2 aliphatic rings. The molecule has 2 N–H and O–H groups in total. The standard InChI is InChI=1S/C28H32N2O5/c1-18-15-21(19(2)29-23-8-4-3-7-20(23)27(32)33)26-22(16-18)24(31)17-25(35-26)30-12-10-28(11-13-30)9-5-6-14-34-28/h3-4,7-8,15-17,19,29H,5-6,9-14H2,1-2H3,(H,32,33). The third-order valence-corrected chi connectivity index (χ3v) is 7.41. The molecule has 2 fully saturated rings. The molecule has 1 atom stereocenters. The lowest BCUT2D eigenvalue weighted by Crippen LogP contribution is -2.47. The summed E-state index contributed by atoms with van der Waals surface area (Å²) in [7, 11) is 0. The number of nitrogens with zero attached hydrogens (tertiary/aromatic N) is 1. The van der Waals surface area contributed by atoms with Crippen LogP contribution in [0.3, 0.4) is 0 Å². The Bertz CT molecular complexity index is 1300. The van der Waals surface area contributed by atoms with Crippen LogP contribution in [0.5, 0.6) is 0 Å². The van der Waals surface area contributed by atoms with E-state index < -0.39 is 5.97 Å². The molecule has 0 saturated carbocycles. The first kappa shape index (κ1) is 23.4. The lowest BCUT2D eigenvalue weighted by molar-refractivity contribution is -0.0922. The molecule has 5 rings (SSSR count). The van der Waals surface area contributed by atoms with E-state index in [9.17, 15) is 14.7 Å². The van der Waals surface area contributed by atoms with E-state index in [1.807, 2.05) is 26.0 Å². The first-order valence-corrected chi connectivity index (χ1v) is 12.4. The topological polar surface area (TPSA) is 92.0 Å². The predicted octanol–water partition coefficient (Wildman–Crippen LogP) is 5.51. The van der Waals surface area contributed by atoms with Crippen LogP contribution in [0.2, 0.25) is 0 Å². The van der Waals surface area contributed by atoms with Gasteiger partial charge in [0.15, 0.2) is 11.3 Å². The summed E-state index contributed by atoms with van der Waals surface area (Å²) in [5, 5.41) is 13.4. The van der Waals surface area contributed by atoms with Crippen molar-refractivity contribution in [3.8, 4) is 0 Å². The maximum atomic E-state index is 13.2. The molecule has 2 saturated heterocycles. The van der Waals surface area contributed by atoms with Gasteiger partial charge in [-0.2, -0.15) is 0 Å². The third kappa shape index (κ3) is 4.65. The minimum atomic E-state index is -0.993. The van der Waals surface area contributed by atoms with Gasteiger partial charge >= 0.3 is 5.97 Å². The Morgan fingerprint density at radius 3 is 2.60 bits per heavy atom. The second-order valence-corrected chi connectivity index (χ2v) is 9.87. The van der Waals surface area contributed by atoms with Crippen molar-refractivity contribution in [2.24, 2.45) is 0 Å². The molecular formula is C28H32N2O5. The first-order valence-electron chi connectivity index (χ1n) is 12.4. The minimum Gasteiger partial charge on any atom is -0.478 e. The molecule has 0 amide bonds. The highest BCUT2D eigenvalue weighted by atomic mass is 16.5. The molecule has 3 aromatic rings. The van der Waals surface area contributed by atoms with E-state index in [1.54, 1.807) is 30.3 Å². The number of anilines is 2. The Morgan fingerprint density at radius 2 is 1.89 bits per heavy atom. The average Bonchev–Trinajstić information content (AvgIpc) is 2.85. The normalized spacial score (nSPS) is 18.5. The van der Waals surface area contributed by atoms with Gasteiger partial charge in [0, 0.05) is 37.0 Å². The van der Waals surface area contributed by atoms with Gasteiger partial charge in [-0.05, 0) is 69.7 Å². The molecule has 184 valence electrons. The number of aromatic carboxylic acids is 1. The number of para-hydroxylation sites is 1. The molecule has 2 aromatic carbocycles. The highest BCUT2D eigenvalue weighted by molar-refractivity contribution is 5.94. The third-order valence-electron chi connectivity index (χ3n) is 7.41. The molecule has 0 radical (unpaired) electrons. The number of hydrogen-bond acceptors (Lipinski definition) is 6. The largest absolute Gasteiger partial charge is 0.478 e. The van der Waals surface area contributed by atoms with Gasteiger partial charge in [-0.1, -0.05) is 18.2 Å². The van der Waals surface area contributed by atoms with Gasteiger partial charge in [0.2, 0.25) is 0 Å². The lowest BCUT2D eigenvalue weighted by atomic mass is 9.84. The molecule has 1 aromatic heterocycles. The SMILES string of the molecule is Cc1cc(C(C)Nc2ccccc2C(=O)O)c2oc(N3CCC4(CCCCO4)CC3)cc(=O)c2c1. The zero-order valence-corrected chi connectivity index (χ0v) is 20.3. The Balaban J connectivity index is 1.47. The number of piperidine rings is 1. The predicted molar refractivity (Wildman–Crippen MR) is 137 cm³/mol. The highest BCUT2D eigenvalue weighted by Gasteiger charge is 2.37. The van der Waals surface area contributed by atoms with Gasteiger partial charge in [-0.3, -0.25) is 4.79 Å². The Labute approximate surface area is 204 Å². The van der Waals surface area contributed by atoms with Gasteiger partial charge in [0.25, 0.3) is 0 Å². The quantitative estimate of drug-likeness (QED) is 0.501. The van der Waals surface area contributed by atoms with Gasteiger partial charge < -0.3 is 24.5 Å². The van der Waals surface area contributed by atoms with Crippen molar-refractivity contribution in [2.75, 3.05) is 29.9 Å². The van der Waals surface area contributed by atoms with E-state index in [0.29, 0.717) is 22.5 Å². The van der Waals surface area contributed by atoms with Crippen LogP contribution in [0.15, 0.2) is 51.7 Å². The van der Waals surface area contributed by atoms with Crippen LogP contribution in [0.1, 0.15) is 66.6 Å². The molecule has 2 aliphatic heterocycles. The summed E-state index contributed by atoms with van der Waals surface area (Å²) in [6.45, 7) is 6.31. The number of ether oxygens (including phenoxy) is 1. The molecule has 1 unspecified atom stereocenters. The second-order valence-electron chi connectivity index (χ2n) is 9.87. The van der Waals surface area contributed by atoms with Crippen molar-refractivity contribution in [2.45, 2.75) is 57.6 Å². The monoisotopic (exact) mass is 476 g/mol. The van der Waals surface area contributed by atoms with Crippen LogP contribution in [0.4, 0.5) is 11.6 Å². The van der Waals surface area contributed by atoms with E-state index in [2.05, 4.69) is 10.2 Å². The van der Waals surface area contributed by atoms with Crippen molar-refractivity contribution < 1.29 is 19.1 Å². The Kier molecular flexibility index (Phi) is 6.28. The Morgan fingerprint density at radius 1 is 1.11 bits per heavy atom. The highest BCUT2D eigenvalue weighted by Crippen LogP contribution is 2.37. The summed E-state index contributed by atoms with van der Waals surface area (Å²) in [6.07, 6.45) is 5.31. The number of rotatable bonds is 5. The van der Waals surface area contributed by atoms with Crippen molar-refractivity contribution in [3.63, 3.8) is 0 Å². The number of carbonyl (C=O) groups is 1. The second kappa shape index (κ2) is 9.38. The molecule has 7 heteroatoms. The number of carboxylic acid groups (broad SMARTS) is 1. The van der Waals surface area contributed by atoms with Crippen molar-refractivity contribution >= 4 is 28.5 Å². The summed E-state index contributed by atoms with van der Waals surface area (Å²) in [4.78, 5) is 27.0. The maximum absolute atomic E-state index is 13.2. The van der Waals surface area contributed by atoms with E-state index in [4.69, 9.17) is 9.15 Å². The number of carboxylic acids is 1. The van der Waals surface area contributed by atoms with Crippen LogP contribution in [0.25, 0.3) is 11.0 Å². The molecule has 35 heavy (non-hydrogen) atoms. The number of hydrogen-bond donors (Lipinski definition) is 2. The van der Waals surface area contributed by atoms with Crippen LogP contribution in [-0.4, -0.2) is 36.4 Å². The fraction of sp³-hybridized carbons (Fsp3) is 0.429. The molecular weight excluding hydrogens is 444 g/mol. The van der Waals surface area contributed by atoms with Crippen molar-refractivity contribution in [1.29, 1.82) is 0 Å². The van der Waals surface area contributed by atoms with Crippen LogP contribution < -0.4 is 15.6 Å². The summed E-state index contributed by atoms with van der Waals surface area (Å²) < 4.78 is 12.6. The summed E-state index contributed by atoms with van der Waals surface area (Å²) in [5.41, 5.74) is 2.94. The van der Waals surface area contributed by atoms with Gasteiger partial charge in [-0.25, -0.2) is 4.79 Å². The lowest BCUT2D eigenvalue weighted by Gasteiger charge is -2.44. The molecule has 7 nitrogen and oxygen atoms in total. The first-order chi connectivity index (χ1) is 16.8. The van der Waals surface area contributed by atoms with Gasteiger partial charge in [0.1, 0.15) is 5.58 Å². The van der Waals surface area contributed by atoms with E-state index in [0.717, 1.165) is 56.5 Å². The zero-order valence-electron chi connectivity index (χ0n) is 20.3. The summed E-state index contributed by atoms with van der Waals surface area (Å²) >= 11 is 0. The van der Waals surface area contributed by atoms with E-state index >= 15 is 0 Å². The van der Waals surface area contributed by atoms with Crippen molar-refractivity contribution in [3.05, 3.63) is 69.4 Å². The van der Waals surface area contributed by atoms with E-state index in [-0.39, 0.29) is 22.6 Å². The fourth-order valence-corrected chi connectivity index (χ4v) is 5.45. The maximum Gasteiger partial charge on any atom is 0.337 e. The molecule has 0 aliphatic carbocycles. The van der Waals surface area contributed by atoms with Crippen LogP contribution in [-0.2, 0) is 4.74 Å². The van der Waals surface area contributed by atoms with Gasteiger partial charge in [0.05, 0.1) is 22.6 Å². The summed E-state index contributed by atoms with van der Waals surface area (Å²) in [5.74, 6) is -0.413. The average molecular weight is 477 g/mol. The fourth-order valence-electron chi connectivity index (χ4n) is 5.45. The molecule has 0 bridgehead atoms. The van der Waals surface area contributed by atoms with Gasteiger partial charge in [-0.15, -0.1) is 0 Å². The number of fused-ring (bicyclic) bond motifs is 1. The van der Waals surface area contributed by atoms with Crippen LogP contribution in [0, 0.1) is 6.92 Å². The molecule has 1 spiro atoms. The van der Waals surface area contributed by atoms with Crippen molar-refractivity contribution in [1.82, 2.24) is 0 Å².